The first kappa shape index (κ1) is 24.2. The van der Waals surface area contributed by atoms with E-state index >= 15 is 0 Å². The summed E-state index contributed by atoms with van der Waals surface area (Å²) in [7, 11) is 1.32. The van der Waals surface area contributed by atoms with E-state index in [4.69, 9.17) is 21.3 Å². The number of rotatable bonds is 8. The number of carbonyl (C=O) groups excluding carboxylic acids is 2. The summed E-state index contributed by atoms with van der Waals surface area (Å²) in [6.45, 7) is 0.429. The molecule has 2 heterocycles. The first-order valence-electron chi connectivity index (χ1n) is 11.2. The number of allylic oxidation sites excluding steroid dienone is 1. The molecule has 0 fully saturated rings. The Hall–Kier alpha value is -3.97. The zero-order chi connectivity index (χ0) is 24.6. The van der Waals surface area contributed by atoms with E-state index in [1.165, 1.54) is 7.11 Å². The summed E-state index contributed by atoms with van der Waals surface area (Å²) in [6, 6.07) is 21.7. The molecule has 1 atom stereocenters. The second-order valence-corrected chi connectivity index (χ2v) is 8.30. The number of amides is 1. The van der Waals surface area contributed by atoms with Gasteiger partial charge >= 0.3 is 5.97 Å². The zero-order valence-electron chi connectivity index (χ0n) is 19.2. The number of ether oxygens (including phenoxy) is 1. The van der Waals surface area contributed by atoms with Crippen LogP contribution in [-0.4, -0.2) is 29.8 Å². The van der Waals surface area contributed by atoms with Crippen LogP contribution in [0.25, 0.3) is 0 Å². The van der Waals surface area contributed by atoms with Crippen molar-refractivity contribution in [2.75, 3.05) is 7.11 Å². The molecule has 35 heavy (non-hydrogen) atoms. The van der Waals surface area contributed by atoms with Crippen molar-refractivity contribution in [1.82, 2.24) is 15.6 Å². The number of hydrogen-bond donors (Lipinski definition) is 2. The number of aliphatic imine (C=N–C) groups is 1. The van der Waals surface area contributed by atoms with Gasteiger partial charge in [0.2, 0.25) is 5.91 Å². The number of amidine groups is 1. The van der Waals surface area contributed by atoms with Crippen LogP contribution >= 0.6 is 11.6 Å². The van der Waals surface area contributed by atoms with Gasteiger partial charge in [0.25, 0.3) is 0 Å². The maximum atomic E-state index is 12.9. The van der Waals surface area contributed by atoms with Gasteiger partial charge in [-0.15, -0.1) is 0 Å². The van der Waals surface area contributed by atoms with Gasteiger partial charge in [-0.3, -0.25) is 14.8 Å². The molecular weight excluding hydrogens is 464 g/mol. The number of carbonyl (C=O) groups is 2. The van der Waals surface area contributed by atoms with Gasteiger partial charge in [0, 0.05) is 35.4 Å². The molecule has 0 saturated heterocycles. The standard InChI is InChI=1S/C27H25ClN4O3/c1-35-27(34)24-21(14-15-23(33)30-17-18-9-3-2-4-10-18)31-26(22-13-7-8-16-29-22)32-25(24)19-11-5-6-12-20(19)28/h2-13,16,25H,14-15,17H2,1H3,(H,30,33)(H,31,32). The highest BCUT2D eigenvalue weighted by molar-refractivity contribution is 6.31. The number of aromatic nitrogens is 1. The van der Waals surface area contributed by atoms with Gasteiger partial charge in [-0.1, -0.05) is 66.2 Å². The SMILES string of the molecule is COC(=O)C1=C(CCC(=O)NCc2ccccc2)NC(c2ccccn2)=NC1c1ccccc1Cl. The first-order valence-corrected chi connectivity index (χ1v) is 11.6. The third-order valence-electron chi connectivity index (χ3n) is 5.57. The molecule has 0 aliphatic carbocycles. The number of pyridine rings is 1. The summed E-state index contributed by atoms with van der Waals surface area (Å²) >= 11 is 6.50. The minimum absolute atomic E-state index is 0.136. The van der Waals surface area contributed by atoms with Crippen LogP contribution in [0.4, 0.5) is 0 Å². The van der Waals surface area contributed by atoms with Crippen LogP contribution < -0.4 is 10.6 Å². The van der Waals surface area contributed by atoms with Gasteiger partial charge in [-0.05, 0) is 30.2 Å². The quantitative estimate of drug-likeness (QED) is 0.460. The van der Waals surface area contributed by atoms with Crippen LogP contribution in [0.3, 0.4) is 0 Å². The van der Waals surface area contributed by atoms with Gasteiger partial charge in [0.15, 0.2) is 5.84 Å². The molecule has 0 bridgehead atoms. The van der Waals surface area contributed by atoms with Crippen molar-refractivity contribution in [2.45, 2.75) is 25.4 Å². The Labute approximate surface area is 208 Å². The topological polar surface area (TPSA) is 92.7 Å². The summed E-state index contributed by atoms with van der Waals surface area (Å²) in [4.78, 5) is 34.7. The lowest BCUT2D eigenvalue weighted by Crippen LogP contribution is -2.35. The molecule has 1 aliphatic heterocycles. The van der Waals surface area contributed by atoms with Crippen LogP contribution in [0.5, 0.6) is 0 Å². The average molecular weight is 489 g/mol. The van der Waals surface area contributed by atoms with Crippen LogP contribution in [0, 0.1) is 0 Å². The van der Waals surface area contributed by atoms with E-state index in [9.17, 15) is 9.59 Å². The Bertz CT molecular complexity index is 1260. The number of nitrogens with zero attached hydrogens (tertiary/aromatic N) is 2. The van der Waals surface area contributed by atoms with Crippen molar-refractivity contribution in [3.63, 3.8) is 0 Å². The fourth-order valence-corrected chi connectivity index (χ4v) is 4.06. The molecule has 7 nitrogen and oxygen atoms in total. The monoisotopic (exact) mass is 488 g/mol. The van der Waals surface area contributed by atoms with Crippen LogP contribution in [-0.2, 0) is 20.9 Å². The maximum absolute atomic E-state index is 12.9. The number of hydrogen-bond acceptors (Lipinski definition) is 6. The zero-order valence-corrected chi connectivity index (χ0v) is 20.0. The van der Waals surface area contributed by atoms with Gasteiger partial charge in [0.1, 0.15) is 11.7 Å². The van der Waals surface area contributed by atoms with Crippen molar-refractivity contribution in [3.05, 3.63) is 112 Å². The lowest BCUT2D eigenvalue weighted by Gasteiger charge is -2.27. The number of methoxy groups -OCH3 is 1. The Morgan fingerprint density at radius 2 is 1.77 bits per heavy atom. The molecule has 8 heteroatoms. The van der Waals surface area contributed by atoms with Crippen LogP contribution in [0.15, 0.2) is 95.3 Å². The fourth-order valence-electron chi connectivity index (χ4n) is 3.82. The maximum Gasteiger partial charge on any atom is 0.338 e. The number of nitrogens with one attached hydrogen (secondary N) is 2. The van der Waals surface area contributed by atoms with E-state index in [0.29, 0.717) is 39.9 Å². The van der Waals surface area contributed by atoms with E-state index in [1.807, 2.05) is 66.7 Å². The number of esters is 1. The molecule has 1 unspecified atom stereocenters. The second-order valence-electron chi connectivity index (χ2n) is 7.89. The fraction of sp³-hybridized carbons (Fsp3) is 0.185. The van der Waals surface area contributed by atoms with E-state index in [-0.39, 0.29) is 18.7 Å². The highest BCUT2D eigenvalue weighted by Crippen LogP contribution is 2.36. The third kappa shape index (κ3) is 5.94. The summed E-state index contributed by atoms with van der Waals surface area (Å²) in [5.74, 6) is -0.183. The lowest BCUT2D eigenvalue weighted by atomic mass is 9.93. The van der Waals surface area contributed by atoms with Crippen LogP contribution in [0.1, 0.15) is 35.7 Å². The largest absolute Gasteiger partial charge is 0.466 e. The highest BCUT2D eigenvalue weighted by Gasteiger charge is 2.33. The van der Waals surface area contributed by atoms with E-state index in [0.717, 1.165) is 5.56 Å². The minimum Gasteiger partial charge on any atom is -0.466 e. The number of halogens is 1. The Morgan fingerprint density at radius 3 is 2.49 bits per heavy atom. The van der Waals surface area contributed by atoms with Gasteiger partial charge < -0.3 is 15.4 Å². The second kappa shape index (κ2) is 11.4. The molecular formula is C27H25ClN4O3. The molecule has 4 rings (SSSR count). The first-order chi connectivity index (χ1) is 17.1. The highest BCUT2D eigenvalue weighted by atomic mass is 35.5. The molecule has 1 aliphatic rings. The molecule has 2 aromatic carbocycles. The van der Waals surface area contributed by atoms with Crippen molar-refractivity contribution in [2.24, 2.45) is 4.99 Å². The summed E-state index contributed by atoms with van der Waals surface area (Å²) in [6.07, 6.45) is 2.11. The van der Waals surface area contributed by atoms with Crippen LogP contribution in [0.2, 0.25) is 5.02 Å². The molecule has 3 aromatic rings. The molecule has 0 spiro atoms. The molecule has 2 N–H and O–H groups in total. The summed E-state index contributed by atoms with van der Waals surface area (Å²) in [5.41, 5.74) is 3.15. The summed E-state index contributed by atoms with van der Waals surface area (Å²) < 4.78 is 5.10. The Morgan fingerprint density at radius 1 is 1.03 bits per heavy atom. The van der Waals surface area contributed by atoms with E-state index < -0.39 is 12.0 Å². The number of benzene rings is 2. The van der Waals surface area contributed by atoms with Gasteiger partial charge in [-0.2, -0.15) is 0 Å². The van der Waals surface area contributed by atoms with Gasteiger partial charge in [-0.25, -0.2) is 4.79 Å². The normalized spacial score (nSPS) is 15.1. The molecule has 1 aromatic heterocycles. The molecule has 0 saturated carbocycles. The van der Waals surface area contributed by atoms with Crippen molar-refractivity contribution >= 4 is 29.3 Å². The predicted molar refractivity (Wildman–Crippen MR) is 135 cm³/mol. The molecule has 1 amide bonds. The Balaban J connectivity index is 1.63. The van der Waals surface area contributed by atoms with Crippen molar-refractivity contribution in [1.29, 1.82) is 0 Å². The molecule has 0 radical (unpaired) electrons. The minimum atomic E-state index is -0.711. The predicted octanol–water partition coefficient (Wildman–Crippen LogP) is 4.35. The Kier molecular flexibility index (Phi) is 7.90. The smallest absolute Gasteiger partial charge is 0.338 e. The average Bonchev–Trinajstić information content (AvgIpc) is 2.91. The third-order valence-corrected chi connectivity index (χ3v) is 5.92. The van der Waals surface area contributed by atoms with E-state index in [1.54, 1.807) is 12.3 Å². The summed E-state index contributed by atoms with van der Waals surface area (Å²) in [5, 5.41) is 6.63. The van der Waals surface area contributed by atoms with Gasteiger partial charge in [0.05, 0.1) is 12.7 Å². The van der Waals surface area contributed by atoms with Crippen molar-refractivity contribution < 1.29 is 14.3 Å². The van der Waals surface area contributed by atoms with E-state index in [2.05, 4.69) is 15.6 Å². The van der Waals surface area contributed by atoms with Crippen molar-refractivity contribution in [3.8, 4) is 0 Å². The molecule has 178 valence electrons. The lowest BCUT2D eigenvalue weighted by molar-refractivity contribution is -0.136.